The zero-order valence-electron chi connectivity index (χ0n) is 13.2. The molecule has 1 unspecified atom stereocenters. The summed E-state index contributed by atoms with van der Waals surface area (Å²) in [7, 11) is 0. The van der Waals surface area contributed by atoms with Crippen LogP contribution in [0.3, 0.4) is 0 Å². The third kappa shape index (κ3) is 6.27. The largest absolute Gasteiger partial charge is 0.481 e. The Bertz CT molecular complexity index is 440. The van der Waals surface area contributed by atoms with Gasteiger partial charge in [0.1, 0.15) is 0 Å². The van der Waals surface area contributed by atoms with Gasteiger partial charge in [0.15, 0.2) is 0 Å². The van der Waals surface area contributed by atoms with Gasteiger partial charge in [-0.2, -0.15) is 0 Å². The normalized spacial score (nSPS) is 13.1. The van der Waals surface area contributed by atoms with E-state index in [0.717, 1.165) is 37.1 Å². The van der Waals surface area contributed by atoms with E-state index in [9.17, 15) is 4.79 Å². The Morgan fingerprint density at radius 2 is 1.90 bits per heavy atom. The van der Waals surface area contributed by atoms with Crippen LogP contribution in [-0.2, 0) is 11.3 Å². The third-order valence-electron chi connectivity index (χ3n) is 3.79. The van der Waals surface area contributed by atoms with E-state index in [-0.39, 0.29) is 12.0 Å². The molecule has 0 heterocycles. The molecule has 0 aromatic heterocycles. The SMILES string of the molecule is CC(C(=O)O)c1ccc(CNCC(C)(C)CCCO)cc1. The van der Waals surface area contributed by atoms with Crippen molar-refractivity contribution in [2.45, 2.75) is 46.1 Å². The van der Waals surface area contributed by atoms with Crippen LogP contribution in [0.15, 0.2) is 24.3 Å². The number of carbonyl (C=O) groups is 1. The van der Waals surface area contributed by atoms with Crippen LogP contribution in [0.5, 0.6) is 0 Å². The molecular weight excluding hydrogens is 266 g/mol. The number of rotatable bonds is 9. The lowest BCUT2D eigenvalue weighted by Gasteiger charge is -2.24. The van der Waals surface area contributed by atoms with Crippen LogP contribution < -0.4 is 5.32 Å². The van der Waals surface area contributed by atoms with Crippen LogP contribution in [-0.4, -0.2) is 29.3 Å². The molecule has 1 aromatic carbocycles. The highest BCUT2D eigenvalue weighted by Gasteiger charge is 2.16. The van der Waals surface area contributed by atoms with Gasteiger partial charge in [0, 0.05) is 19.7 Å². The molecule has 0 amide bonds. The predicted octanol–water partition coefficient (Wildman–Crippen LogP) is 2.76. The molecule has 0 saturated heterocycles. The van der Waals surface area contributed by atoms with Crippen LogP contribution in [0, 0.1) is 5.41 Å². The summed E-state index contributed by atoms with van der Waals surface area (Å²) < 4.78 is 0. The van der Waals surface area contributed by atoms with E-state index in [1.807, 2.05) is 24.3 Å². The fourth-order valence-corrected chi connectivity index (χ4v) is 2.26. The summed E-state index contributed by atoms with van der Waals surface area (Å²) in [5.41, 5.74) is 2.14. The van der Waals surface area contributed by atoms with E-state index < -0.39 is 11.9 Å². The Hall–Kier alpha value is -1.39. The number of benzene rings is 1. The average Bonchev–Trinajstić information content (AvgIpc) is 2.45. The summed E-state index contributed by atoms with van der Waals surface area (Å²) in [5.74, 6) is -1.27. The number of carboxylic acid groups (broad SMARTS) is 1. The topological polar surface area (TPSA) is 69.6 Å². The van der Waals surface area contributed by atoms with Crippen LogP contribution >= 0.6 is 0 Å². The molecule has 0 fully saturated rings. The minimum atomic E-state index is -0.800. The molecule has 3 N–H and O–H groups in total. The minimum Gasteiger partial charge on any atom is -0.481 e. The van der Waals surface area contributed by atoms with E-state index in [2.05, 4.69) is 19.2 Å². The second-order valence-corrected chi connectivity index (χ2v) is 6.40. The highest BCUT2D eigenvalue weighted by molar-refractivity contribution is 5.75. The summed E-state index contributed by atoms with van der Waals surface area (Å²) in [6, 6.07) is 7.71. The first-order valence-electron chi connectivity index (χ1n) is 7.49. The maximum absolute atomic E-state index is 10.9. The van der Waals surface area contributed by atoms with E-state index >= 15 is 0 Å². The predicted molar refractivity (Wildman–Crippen MR) is 84.3 cm³/mol. The molecule has 0 bridgehead atoms. The van der Waals surface area contributed by atoms with Crippen molar-refractivity contribution >= 4 is 5.97 Å². The van der Waals surface area contributed by atoms with Gasteiger partial charge >= 0.3 is 5.97 Å². The molecule has 0 radical (unpaired) electrons. The fraction of sp³-hybridized carbons (Fsp3) is 0.588. The Morgan fingerprint density at radius 3 is 2.43 bits per heavy atom. The summed E-state index contributed by atoms with van der Waals surface area (Å²) in [6.07, 6.45) is 1.82. The van der Waals surface area contributed by atoms with Crippen molar-refractivity contribution in [2.24, 2.45) is 5.41 Å². The van der Waals surface area contributed by atoms with Crippen LogP contribution in [0.1, 0.15) is 50.7 Å². The first-order chi connectivity index (χ1) is 9.85. The molecule has 0 aliphatic carbocycles. The molecule has 118 valence electrons. The lowest BCUT2D eigenvalue weighted by atomic mass is 9.88. The standard InChI is InChI=1S/C17H27NO3/c1-13(16(20)21)15-7-5-14(6-8-15)11-18-12-17(2,3)9-4-10-19/h5-8,13,18-19H,4,9-12H2,1-3H3,(H,20,21). The van der Waals surface area contributed by atoms with E-state index in [1.165, 1.54) is 0 Å². The van der Waals surface area contributed by atoms with Gasteiger partial charge in [-0.15, -0.1) is 0 Å². The molecule has 4 nitrogen and oxygen atoms in total. The summed E-state index contributed by atoms with van der Waals surface area (Å²) in [6.45, 7) is 7.97. The van der Waals surface area contributed by atoms with E-state index in [0.29, 0.717) is 0 Å². The van der Waals surface area contributed by atoms with Crippen LogP contribution in [0.25, 0.3) is 0 Å². The molecule has 0 saturated carbocycles. The number of aliphatic carboxylic acids is 1. The van der Waals surface area contributed by atoms with Gasteiger partial charge in [0.25, 0.3) is 0 Å². The van der Waals surface area contributed by atoms with Gasteiger partial charge in [-0.3, -0.25) is 4.79 Å². The Labute approximate surface area is 127 Å². The highest BCUT2D eigenvalue weighted by Crippen LogP contribution is 2.21. The molecule has 1 aromatic rings. The summed E-state index contributed by atoms with van der Waals surface area (Å²) in [4.78, 5) is 10.9. The van der Waals surface area contributed by atoms with Gasteiger partial charge in [-0.25, -0.2) is 0 Å². The molecule has 1 rings (SSSR count). The van der Waals surface area contributed by atoms with Crippen molar-refractivity contribution in [2.75, 3.05) is 13.2 Å². The van der Waals surface area contributed by atoms with Crippen LogP contribution in [0.2, 0.25) is 0 Å². The van der Waals surface area contributed by atoms with Crippen molar-refractivity contribution in [3.05, 3.63) is 35.4 Å². The van der Waals surface area contributed by atoms with Gasteiger partial charge < -0.3 is 15.5 Å². The van der Waals surface area contributed by atoms with E-state index in [1.54, 1.807) is 6.92 Å². The number of nitrogens with one attached hydrogen (secondary N) is 1. The van der Waals surface area contributed by atoms with Crippen molar-refractivity contribution < 1.29 is 15.0 Å². The smallest absolute Gasteiger partial charge is 0.310 e. The molecule has 0 aliphatic rings. The van der Waals surface area contributed by atoms with Crippen LogP contribution in [0.4, 0.5) is 0 Å². The molecule has 0 spiro atoms. The zero-order chi connectivity index (χ0) is 15.9. The Balaban J connectivity index is 2.44. The molecule has 1 atom stereocenters. The highest BCUT2D eigenvalue weighted by atomic mass is 16.4. The first kappa shape index (κ1) is 17.7. The third-order valence-corrected chi connectivity index (χ3v) is 3.79. The number of carboxylic acids is 1. The lowest BCUT2D eigenvalue weighted by Crippen LogP contribution is -2.29. The second kappa shape index (κ2) is 8.15. The summed E-state index contributed by atoms with van der Waals surface area (Å²) >= 11 is 0. The lowest BCUT2D eigenvalue weighted by molar-refractivity contribution is -0.138. The number of hydrogen-bond acceptors (Lipinski definition) is 3. The number of aliphatic hydroxyl groups excluding tert-OH is 1. The molecular formula is C17H27NO3. The van der Waals surface area contributed by atoms with Crippen molar-refractivity contribution in [3.8, 4) is 0 Å². The van der Waals surface area contributed by atoms with E-state index in [4.69, 9.17) is 10.2 Å². The van der Waals surface area contributed by atoms with Crippen molar-refractivity contribution in [3.63, 3.8) is 0 Å². The fourth-order valence-electron chi connectivity index (χ4n) is 2.26. The maximum atomic E-state index is 10.9. The molecule has 4 heteroatoms. The van der Waals surface area contributed by atoms with Gasteiger partial charge in [0.05, 0.1) is 5.92 Å². The number of hydrogen-bond donors (Lipinski definition) is 3. The van der Waals surface area contributed by atoms with Gasteiger partial charge in [-0.1, -0.05) is 38.1 Å². The van der Waals surface area contributed by atoms with Gasteiger partial charge in [-0.05, 0) is 36.3 Å². The summed E-state index contributed by atoms with van der Waals surface area (Å²) in [5, 5.41) is 21.3. The molecule has 21 heavy (non-hydrogen) atoms. The van der Waals surface area contributed by atoms with Gasteiger partial charge in [0.2, 0.25) is 0 Å². The zero-order valence-corrected chi connectivity index (χ0v) is 13.2. The van der Waals surface area contributed by atoms with Crippen molar-refractivity contribution in [1.82, 2.24) is 5.32 Å². The Morgan fingerprint density at radius 1 is 1.29 bits per heavy atom. The minimum absolute atomic E-state index is 0.167. The first-order valence-corrected chi connectivity index (χ1v) is 7.49. The number of aliphatic hydroxyl groups is 1. The molecule has 0 aliphatic heterocycles. The Kier molecular flexibility index (Phi) is 6.85. The second-order valence-electron chi connectivity index (χ2n) is 6.40. The van der Waals surface area contributed by atoms with Crippen molar-refractivity contribution in [1.29, 1.82) is 0 Å². The maximum Gasteiger partial charge on any atom is 0.310 e. The quantitative estimate of drug-likeness (QED) is 0.655. The monoisotopic (exact) mass is 293 g/mol. The average molecular weight is 293 g/mol.